The van der Waals surface area contributed by atoms with Crippen LogP contribution >= 0.6 is 11.3 Å². The van der Waals surface area contributed by atoms with Gasteiger partial charge in [-0.25, -0.2) is 9.78 Å². The van der Waals surface area contributed by atoms with E-state index in [1.807, 2.05) is 12.3 Å². The van der Waals surface area contributed by atoms with Crippen molar-refractivity contribution < 1.29 is 9.53 Å². The van der Waals surface area contributed by atoms with E-state index in [1.165, 1.54) is 0 Å². The number of hydrogen-bond acceptors (Lipinski definition) is 4. The molecule has 1 fully saturated rings. The first kappa shape index (κ1) is 13.3. The molecule has 1 saturated heterocycles. The second kappa shape index (κ2) is 6.70. The predicted octanol–water partition coefficient (Wildman–Crippen LogP) is 1.33. The lowest BCUT2D eigenvalue weighted by Crippen LogP contribution is -2.39. The number of carbonyl (C=O) groups excluding carboxylic acids is 1. The molecule has 6 heteroatoms. The van der Waals surface area contributed by atoms with Crippen molar-refractivity contribution in [2.75, 3.05) is 26.3 Å². The van der Waals surface area contributed by atoms with Gasteiger partial charge in [0.25, 0.3) is 0 Å². The van der Waals surface area contributed by atoms with E-state index in [-0.39, 0.29) is 6.03 Å². The van der Waals surface area contributed by atoms with Crippen LogP contribution in [-0.4, -0.2) is 37.3 Å². The molecule has 2 rings (SSSR count). The smallest absolute Gasteiger partial charge is 0.314 e. The number of aryl methyl sites for hydroxylation is 1. The van der Waals surface area contributed by atoms with E-state index in [9.17, 15) is 4.79 Å². The minimum Gasteiger partial charge on any atom is -0.381 e. The highest BCUT2D eigenvalue weighted by molar-refractivity contribution is 7.09. The van der Waals surface area contributed by atoms with E-state index in [0.717, 1.165) is 36.8 Å². The molecule has 0 bridgehead atoms. The highest BCUT2D eigenvalue weighted by Crippen LogP contribution is 2.10. The summed E-state index contributed by atoms with van der Waals surface area (Å²) in [4.78, 5) is 15.9. The van der Waals surface area contributed by atoms with Crippen molar-refractivity contribution in [3.05, 3.63) is 16.1 Å². The summed E-state index contributed by atoms with van der Waals surface area (Å²) in [5.74, 6) is 0.469. The van der Waals surface area contributed by atoms with Gasteiger partial charge in [0.05, 0.1) is 17.3 Å². The highest BCUT2D eigenvalue weighted by Gasteiger charge is 2.15. The highest BCUT2D eigenvalue weighted by atomic mass is 32.1. The van der Waals surface area contributed by atoms with Gasteiger partial charge in [-0.1, -0.05) is 0 Å². The summed E-state index contributed by atoms with van der Waals surface area (Å²) in [6.45, 7) is 4.88. The molecule has 0 radical (unpaired) electrons. The van der Waals surface area contributed by atoms with Gasteiger partial charge >= 0.3 is 6.03 Å². The molecule has 2 N–H and O–H groups in total. The van der Waals surface area contributed by atoms with Crippen molar-refractivity contribution >= 4 is 17.4 Å². The van der Waals surface area contributed by atoms with Crippen molar-refractivity contribution in [1.82, 2.24) is 15.6 Å². The van der Waals surface area contributed by atoms with Gasteiger partial charge in [-0.15, -0.1) is 11.3 Å². The van der Waals surface area contributed by atoms with Gasteiger partial charge in [0.15, 0.2) is 0 Å². The average Bonchev–Trinajstić information content (AvgIpc) is 2.98. The number of thiazole rings is 1. The Hall–Kier alpha value is -1.14. The number of amides is 2. The van der Waals surface area contributed by atoms with Gasteiger partial charge in [0.1, 0.15) is 0 Å². The van der Waals surface area contributed by atoms with E-state index >= 15 is 0 Å². The molecule has 0 saturated carbocycles. The minimum absolute atomic E-state index is 0.103. The number of nitrogens with zero attached hydrogens (tertiary/aromatic N) is 1. The Morgan fingerprint density at radius 2 is 2.50 bits per heavy atom. The van der Waals surface area contributed by atoms with Gasteiger partial charge in [0.2, 0.25) is 0 Å². The van der Waals surface area contributed by atoms with E-state index < -0.39 is 0 Å². The van der Waals surface area contributed by atoms with Crippen LogP contribution < -0.4 is 10.6 Å². The predicted molar refractivity (Wildman–Crippen MR) is 70.9 cm³/mol. The zero-order chi connectivity index (χ0) is 12.8. The fourth-order valence-electron chi connectivity index (χ4n) is 1.87. The Labute approximate surface area is 111 Å². The normalized spacial score (nSPS) is 18.8. The van der Waals surface area contributed by atoms with Crippen LogP contribution in [0.25, 0.3) is 0 Å². The first-order valence-corrected chi connectivity index (χ1v) is 7.12. The fraction of sp³-hybridized carbons (Fsp3) is 0.667. The van der Waals surface area contributed by atoms with Crippen LogP contribution in [-0.2, 0) is 11.2 Å². The number of rotatable bonds is 5. The third kappa shape index (κ3) is 4.27. The van der Waals surface area contributed by atoms with Crippen molar-refractivity contribution in [2.45, 2.75) is 19.8 Å². The molecule has 100 valence electrons. The molecule has 2 heterocycles. The Bertz CT molecular complexity index is 388. The van der Waals surface area contributed by atoms with E-state index in [0.29, 0.717) is 19.0 Å². The number of nitrogens with one attached hydrogen (secondary N) is 2. The van der Waals surface area contributed by atoms with Crippen LogP contribution in [0.4, 0.5) is 4.79 Å². The molecule has 18 heavy (non-hydrogen) atoms. The molecule has 0 spiro atoms. The second-order valence-electron chi connectivity index (χ2n) is 4.47. The maximum absolute atomic E-state index is 11.5. The van der Waals surface area contributed by atoms with Gasteiger partial charge in [0, 0.05) is 37.4 Å². The van der Waals surface area contributed by atoms with Crippen LogP contribution in [0.15, 0.2) is 5.38 Å². The molecular formula is C12H19N3O2S. The molecule has 0 aliphatic carbocycles. The molecular weight excluding hydrogens is 250 g/mol. The molecule has 1 atom stereocenters. The van der Waals surface area contributed by atoms with E-state index in [1.54, 1.807) is 11.3 Å². The van der Waals surface area contributed by atoms with Crippen LogP contribution in [0.5, 0.6) is 0 Å². The lowest BCUT2D eigenvalue weighted by atomic mass is 10.1. The van der Waals surface area contributed by atoms with Crippen LogP contribution in [0.1, 0.15) is 17.1 Å². The summed E-state index contributed by atoms with van der Waals surface area (Å²) in [7, 11) is 0. The Kier molecular flexibility index (Phi) is 4.95. The van der Waals surface area contributed by atoms with Crippen molar-refractivity contribution in [3.63, 3.8) is 0 Å². The maximum atomic E-state index is 11.5. The maximum Gasteiger partial charge on any atom is 0.314 e. The topological polar surface area (TPSA) is 63.2 Å². The third-order valence-corrected chi connectivity index (χ3v) is 3.73. The largest absolute Gasteiger partial charge is 0.381 e. The summed E-state index contributed by atoms with van der Waals surface area (Å²) < 4.78 is 5.25. The lowest BCUT2D eigenvalue weighted by molar-refractivity contribution is 0.185. The molecule has 5 nitrogen and oxygen atoms in total. The zero-order valence-electron chi connectivity index (χ0n) is 10.6. The number of aromatic nitrogens is 1. The summed E-state index contributed by atoms with van der Waals surface area (Å²) in [6.07, 6.45) is 1.82. The summed E-state index contributed by atoms with van der Waals surface area (Å²) >= 11 is 1.64. The Balaban J connectivity index is 1.57. The first-order valence-electron chi connectivity index (χ1n) is 6.24. The van der Waals surface area contributed by atoms with Crippen molar-refractivity contribution in [1.29, 1.82) is 0 Å². The summed E-state index contributed by atoms with van der Waals surface area (Å²) in [5, 5.41) is 8.80. The summed E-state index contributed by atoms with van der Waals surface area (Å²) in [5.41, 5.74) is 1.04. The van der Waals surface area contributed by atoms with Gasteiger partial charge in [-0.2, -0.15) is 0 Å². The molecule has 0 unspecified atom stereocenters. The standard InChI is InChI=1S/C12H19N3O2S/c1-9-15-11(8-18-9)2-4-13-12(16)14-6-10-3-5-17-7-10/h8,10H,2-7H2,1H3,(H2,13,14,16)/t10-/m0/s1. The average molecular weight is 269 g/mol. The summed E-state index contributed by atoms with van der Waals surface area (Å²) in [6, 6.07) is -0.103. The first-order chi connectivity index (χ1) is 8.74. The quantitative estimate of drug-likeness (QED) is 0.847. The molecule has 2 amide bonds. The van der Waals surface area contributed by atoms with Crippen molar-refractivity contribution in [2.24, 2.45) is 5.92 Å². The Morgan fingerprint density at radius 3 is 3.17 bits per heavy atom. The number of ether oxygens (including phenoxy) is 1. The van der Waals surface area contributed by atoms with E-state index in [4.69, 9.17) is 4.74 Å². The van der Waals surface area contributed by atoms with E-state index in [2.05, 4.69) is 15.6 Å². The molecule has 1 aliphatic heterocycles. The zero-order valence-corrected chi connectivity index (χ0v) is 11.4. The van der Waals surface area contributed by atoms with Gasteiger partial charge in [-0.3, -0.25) is 0 Å². The number of urea groups is 1. The third-order valence-electron chi connectivity index (χ3n) is 2.91. The molecule has 1 aromatic rings. The Morgan fingerprint density at radius 1 is 1.61 bits per heavy atom. The van der Waals surface area contributed by atoms with Crippen LogP contribution in [0.3, 0.4) is 0 Å². The minimum atomic E-state index is -0.103. The van der Waals surface area contributed by atoms with Crippen LogP contribution in [0.2, 0.25) is 0 Å². The molecule has 1 aliphatic rings. The van der Waals surface area contributed by atoms with Crippen molar-refractivity contribution in [3.8, 4) is 0 Å². The second-order valence-corrected chi connectivity index (χ2v) is 5.54. The lowest BCUT2D eigenvalue weighted by Gasteiger charge is -2.10. The molecule has 1 aromatic heterocycles. The molecule has 0 aromatic carbocycles. The SMILES string of the molecule is Cc1nc(CCNC(=O)NC[C@@H]2CCOC2)cs1. The van der Waals surface area contributed by atoms with Gasteiger partial charge < -0.3 is 15.4 Å². The monoisotopic (exact) mass is 269 g/mol. The van der Waals surface area contributed by atoms with Gasteiger partial charge in [-0.05, 0) is 13.3 Å². The number of carbonyl (C=O) groups is 1. The fourth-order valence-corrected chi connectivity index (χ4v) is 2.52. The number of hydrogen-bond donors (Lipinski definition) is 2. The van der Waals surface area contributed by atoms with Crippen LogP contribution in [0, 0.1) is 12.8 Å².